The number of aromatic hydroxyl groups is 1. The van der Waals surface area contributed by atoms with Crippen molar-refractivity contribution in [2.45, 2.75) is 40.0 Å². The number of hydrogen-bond acceptors (Lipinski definition) is 3. The number of carboxylic acids is 1. The first-order chi connectivity index (χ1) is 14.3. The molecule has 164 valence electrons. The van der Waals surface area contributed by atoms with Crippen molar-refractivity contribution in [2.24, 2.45) is 5.41 Å². The monoisotopic (exact) mass is 449 g/mol. The smallest absolute Gasteiger partial charge is 0.311 e. The van der Waals surface area contributed by atoms with E-state index in [1.807, 2.05) is 20.8 Å². The van der Waals surface area contributed by atoms with E-state index in [-0.39, 0.29) is 34.1 Å². The summed E-state index contributed by atoms with van der Waals surface area (Å²) >= 11 is 5.88. The largest absolute Gasteiger partial charge is 0.503 e. The van der Waals surface area contributed by atoms with Gasteiger partial charge in [-0.05, 0) is 48.6 Å². The summed E-state index contributed by atoms with van der Waals surface area (Å²) in [5.41, 5.74) is -0.196. The lowest BCUT2D eigenvalue weighted by Gasteiger charge is -2.24. The van der Waals surface area contributed by atoms with Gasteiger partial charge in [-0.25, -0.2) is 8.78 Å². The number of carboxylic acid groups (broad SMARTS) is 1. The molecule has 0 saturated carbocycles. The first-order valence-electron chi connectivity index (χ1n) is 9.58. The number of phenols is 1. The van der Waals surface area contributed by atoms with Crippen molar-refractivity contribution in [2.75, 3.05) is 0 Å². The maximum atomic E-state index is 15.1. The van der Waals surface area contributed by atoms with Gasteiger partial charge < -0.3 is 10.2 Å². The van der Waals surface area contributed by atoms with E-state index in [4.69, 9.17) is 11.6 Å². The lowest BCUT2D eigenvalue weighted by molar-refractivity contribution is -0.139. The molecule has 0 amide bonds. The number of phenolic OH excluding ortho intramolecular Hbond substituents is 1. The second kappa shape index (κ2) is 7.96. The standard InChI is InChI=1S/C23H22ClF2NO4/c1-11-17(14(22(30)31)10-23(2,3)4)18-16(9-15(25)20(28)19(18)26)27(11)21(29)12-5-7-13(24)8-6-12/h5-9,14,28H,10H2,1-4H3,(H,30,31)/t14-/m0/s1. The molecule has 1 aromatic heterocycles. The summed E-state index contributed by atoms with van der Waals surface area (Å²) in [6.45, 7) is 6.99. The Hall–Kier alpha value is -2.93. The molecule has 8 heteroatoms. The molecule has 3 rings (SSSR count). The fourth-order valence-corrected chi connectivity index (χ4v) is 3.97. The number of hydrogen-bond donors (Lipinski definition) is 2. The molecule has 0 radical (unpaired) electrons. The van der Waals surface area contributed by atoms with Crippen LogP contribution in [0.25, 0.3) is 10.9 Å². The van der Waals surface area contributed by atoms with E-state index in [1.165, 1.54) is 31.2 Å². The van der Waals surface area contributed by atoms with E-state index in [9.17, 15) is 24.2 Å². The first kappa shape index (κ1) is 22.7. The Morgan fingerprint density at radius 3 is 2.26 bits per heavy atom. The Bertz CT molecular complexity index is 1190. The highest BCUT2D eigenvalue weighted by Crippen LogP contribution is 2.42. The van der Waals surface area contributed by atoms with Crippen molar-refractivity contribution in [3.05, 3.63) is 63.8 Å². The fourth-order valence-electron chi connectivity index (χ4n) is 3.85. The van der Waals surface area contributed by atoms with Gasteiger partial charge >= 0.3 is 5.97 Å². The normalized spacial score (nSPS) is 12.9. The molecule has 2 N–H and O–H groups in total. The molecule has 0 bridgehead atoms. The molecule has 0 unspecified atom stereocenters. The minimum atomic E-state index is -1.30. The highest BCUT2D eigenvalue weighted by molar-refractivity contribution is 6.30. The van der Waals surface area contributed by atoms with Crippen LogP contribution in [0, 0.1) is 24.0 Å². The Morgan fingerprint density at radius 2 is 1.74 bits per heavy atom. The van der Waals surface area contributed by atoms with Crippen LogP contribution in [0.1, 0.15) is 54.7 Å². The van der Waals surface area contributed by atoms with Gasteiger partial charge in [-0.15, -0.1) is 0 Å². The number of aliphatic carboxylic acids is 1. The van der Waals surface area contributed by atoms with Gasteiger partial charge in [0.15, 0.2) is 17.4 Å². The van der Waals surface area contributed by atoms with Gasteiger partial charge in [-0.1, -0.05) is 32.4 Å². The summed E-state index contributed by atoms with van der Waals surface area (Å²) < 4.78 is 30.4. The zero-order valence-electron chi connectivity index (χ0n) is 17.5. The van der Waals surface area contributed by atoms with Gasteiger partial charge in [-0.3, -0.25) is 14.2 Å². The van der Waals surface area contributed by atoms with Crippen LogP contribution >= 0.6 is 11.6 Å². The number of halogens is 3. The number of fused-ring (bicyclic) bond motifs is 1. The average molecular weight is 450 g/mol. The summed E-state index contributed by atoms with van der Waals surface area (Å²) in [5.74, 6) is -6.75. The predicted molar refractivity (Wildman–Crippen MR) is 114 cm³/mol. The van der Waals surface area contributed by atoms with Gasteiger partial charge in [-0.2, -0.15) is 0 Å². The Labute approximate surface area is 182 Å². The molecule has 0 aliphatic heterocycles. The van der Waals surface area contributed by atoms with E-state index in [1.54, 1.807) is 0 Å². The van der Waals surface area contributed by atoms with E-state index in [0.717, 1.165) is 10.6 Å². The van der Waals surface area contributed by atoms with Gasteiger partial charge in [0, 0.05) is 27.7 Å². The molecule has 31 heavy (non-hydrogen) atoms. The number of carbonyl (C=O) groups is 2. The molecule has 1 atom stereocenters. The van der Waals surface area contributed by atoms with Crippen molar-refractivity contribution in [3.63, 3.8) is 0 Å². The van der Waals surface area contributed by atoms with Crippen molar-refractivity contribution < 1.29 is 28.6 Å². The fraction of sp³-hybridized carbons (Fsp3) is 0.304. The second-order valence-corrected chi connectivity index (χ2v) is 9.15. The van der Waals surface area contributed by atoms with Crippen LogP contribution in [0.15, 0.2) is 30.3 Å². The number of aromatic nitrogens is 1. The topological polar surface area (TPSA) is 79.5 Å². The number of benzene rings is 2. The SMILES string of the molecule is Cc1c([C@H](CC(C)(C)C)C(=O)O)c2c(F)c(O)c(F)cc2n1C(=O)c1ccc(Cl)cc1. The molecule has 5 nitrogen and oxygen atoms in total. The van der Waals surface area contributed by atoms with E-state index < -0.39 is 40.6 Å². The van der Waals surface area contributed by atoms with Gasteiger partial charge in [0.25, 0.3) is 5.91 Å². The molecule has 0 aliphatic carbocycles. The zero-order chi connectivity index (χ0) is 23.2. The highest BCUT2D eigenvalue weighted by Gasteiger charge is 2.35. The van der Waals surface area contributed by atoms with Crippen molar-refractivity contribution in [1.29, 1.82) is 0 Å². The Balaban J connectivity index is 2.39. The van der Waals surface area contributed by atoms with Crippen LogP contribution in [0.5, 0.6) is 5.75 Å². The molecular weight excluding hydrogens is 428 g/mol. The van der Waals surface area contributed by atoms with Gasteiger partial charge in [0.2, 0.25) is 0 Å². The molecule has 2 aromatic carbocycles. The van der Waals surface area contributed by atoms with E-state index in [2.05, 4.69) is 0 Å². The molecular formula is C23H22ClF2NO4. The molecule has 0 saturated heterocycles. The minimum Gasteiger partial charge on any atom is -0.503 e. The van der Waals surface area contributed by atoms with Gasteiger partial charge in [0.1, 0.15) is 0 Å². The maximum absolute atomic E-state index is 15.1. The van der Waals surface area contributed by atoms with Crippen molar-refractivity contribution in [1.82, 2.24) is 4.57 Å². The second-order valence-electron chi connectivity index (χ2n) is 8.72. The summed E-state index contributed by atoms with van der Waals surface area (Å²) in [4.78, 5) is 25.4. The lowest BCUT2D eigenvalue weighted by Crippen LogP contribution is -2.21. The third kappa shape index (κ3) is 4.14. The summed E-state index contributed by atoms with van der Waals surface area (Å²) in [5, 5.41) is 19.9. The third-order valence-corrected chi connectivity index (χ3v) is 5.42. The summed E-state index contributed by atoms with van der Waals surface area (Å²) in [6, 6.07) is 6.78. The highest BCUT2D eigenvalue weighted by atomic mass is 35.5. The number of nitrogens with zero attached hydrogens (tertiary/aromatic N) is 1. The molecule has 0 fully saturated rings. The van der Waals surface area contributed by atoms with Crippen LogP contribution in [-0.4, -0.2) is 26.7 Å². The molecule has 0 spiro atoms. The maximum Gasteiger partial charge on any atom is 0.311 e. The Morgan fingerprint density at radius 1 is 1.16 bits per heavy atom. The van der Waals surface area contributed by atoms with Crippen LogP contribution < -0.4 is 0 Å². The van der Waals surface area contributed by atoms with Gasteiger partial charge in [0.05, 0.1) is 11.4 Å². The average Bonchev–Trinajstić information content (AvgIpc) is 2.95. The number of rotatable bonds is 4. The lowest BCUT2D eigenvalue weighted by atomic mass is 9.80. The Kier molecular flexibility index (Phi) is 5.84. The van der Waals surface area contributed by atoms with E-state index in [0.29, 0.717) is 5.02 Å². The predicted octanol–water partition coefficient (Wildman–Crippen LogP) is 5.88. The summed E-state index contributed by atoms with van der Waals surface area (Å²) in [6.07, 6.45) is 0.134. The van der Waals surface area contributed by atoms with Crippen molar-refractivity contribution in [3.8, 4) is 5.75 Å². The van der Waals surface area contributed by atoms with Crippen LogP contribution in [0.4, 0.5) is 8.78 Å². The quantitative estimate of drug-likeness (QED) is 0.521. The summed E-state index contributed by atoms with van der Waals surface area (Å²) in [7, 11) is 0. The van der Waals surface area contributed by atoms with Crippen LogP contribution in [-0.2, 0) is 4.79 Å². The van der Waals surface area contributed by atoms with Crippen LogP contribution in [0.3, 0.4) is 0 Å². The minimum absolute atomic E-state index is 0.0348. The first-order valence-corrected chi connectivity index (χ1v) is 9.96. The van der Waals surface area contributed by atoms with Crippen LogP contribution in [0.2, 0.25) is 5.02 Å². The van der Waals surface area contributed by atoms with E-state index >= 15 is 4.39 Å². The zero-order valence-corrected chi connectivity index (χ0v) is 18.2. The van der Waals surface area contributed by atoms with Crippen molar-refractivity contribution >= 4 is 34.4 Å². The molecule has 3 aromatic rings. The molecule has 0 aliphatic rings. The molecule has 1 heterocycles. The number of carbonyl (C=O) groups excluding carboxylic acids is 1. The third-order valence-electron chi connectivity index (χ3n) is 5.17.